The van der Waals surface area contributed by atoms with E-state index in [2.05, 4.69) is 6.92 Å². The third-order valence-corrected chi connectivity index (χ3v) is 2.31. The molecular formula is C7H11. The summed E-state index contributed by atoms with van der Waals surface area (Å²) in [5, 5.41) is 0. The van der Waals surface area contributed by atoms with Crippen LogP contribution in [0.2, 0.25) is 0 Å². The van der Waals surface area contributed by atoms with E-state index in [1.165, 1.54) is 25.7 Å². The van der Waals surface area contributed by atoms with Crippen LogP contribution < -0.4 is 0 Å². The highest BCUT2D eigenvalue weighted by Crippen LogP contribution is 2.63. The predicted molar refractivity (Wildman–Crippen MR) is 29.8 cm³/mol. The Hall–Kier alpha value is 0. The molecule has 0 heterocycles. The minimum atomic E-state index is 0.907. The van der Waals surface area contributed by atoms with Crippen LogP contribution in [0.1, 0.15) is 32.6 Å². The topological polar surface area (TPSA) is 0 Å². The Labute approximate surface area is 44.9 Å². The summed E-state index contributed by atoms with van der Waals surface area (Å²) in [6.45, 7) is 2.28. The highest BCUT2D eigenvalue weighted by molar-refractivity contribution is 5.15. The zero-order valence-electron chi connectivity index (χ0n) is 4.83. The van der Waals surface area contributed by atoms with Crippen molar-refractivity contribution >= 4 is 0 Å². The van der Waals surface area contributed by atoms with E-state index in [9.17, 15) is 0 Å². The summed E-state index contributed by atoms with van der Waals surface area (Å²) in [5.74, 6) is 1.73. The van der Waals surface area contributed by atoms with Gasteiger partial charge >= 0.3 is 0 Å². The Morgan fingerprint density at radius 2 is 1.86 bits per heavy atom. The van der Waals surface area contributed by atoms with E-state index in [1.54, 1.807) is 5.92 Å². The second-order valence-electron chi connectivity index (χ2n) is 3.31. The molecule has 2 aliphatic rings. The molecule has 39 valence electrons. The summed E-state index contributed by atoms with van der Waals surface area (Å²) in [6.07, 6.45) is 5.99. The smallest absolute Gasteiger partial charge is 0.0261 e. The van der Waals surface area contributed by atoms with Crippen LogP contribution in [-0.4, -0.2) is 0 Å². The van der Waals surface area contributed by atoms with Crippen molar-refractivity contribution in [3.05, 3.63) is 5.92 Å². The lowest BCUT2D eigenvalue weighted by atomic mass is 9.73. The summed E-state index contributed by atoms with van der Waals surface area (Å²) in [6, 6.07) is 0. The average Bonchev–Trinajstić information content (AvgIpc) is 2.14. The van der Waals surface area contributed by atoms with Crippen molar-refractivity contribution in [2.24, 2.45) is 5.41 Å². The molecule has 2 aliphatic carbocycles. The zero-order chi connectivity index (χ0) is 4.91. The molecule has 2 saturated carbocycles. The normalized spacial score (nSPS) is 35.6. The van der Waals surface area contributed by atoms with E-state index in [-0.39, 0.29) is 0 Å². The fraction of sp³-hybridized carbons (Fsp3) is 0.857. The molecule has 0 saturated heterocycles. The lowest BCUT2D eigenvalue weighted by Crippen LogP contribution is -2.19. The highest BCUT2D eigenvalue weighted by Gasteiger charge is 2.51. The van der Waals surface area contributed by atoms with Crippen LogP contribution in [0.15, 0.2) is 0 Å². The van der Waals surface area contributed by atoms with E-state index < -0.39 is 0 Å². The maximum atomic E-state index is 2.28. The molecule has 0 N–H and O–H groups in total. The minimum absolute atomic E-state index is 0.907. The van der Waals surface area contributed by atoms with Crippen molar-refractivity contribution in [1.82, 2.24) is 0 Å². The first-order valence-corrected chi connectivity index (χ1v) is 3.12. The van der Waals surface area contributed by atoms with E-state index in [0.717, 1.165) is 5.41 Å². The molecule has 1 radical (unpaired) electrons. The van der Waals surface area contributed by atoms with Gasteiger partial charge in [0.05, 0.1) is 0 Å². The van der Waals surface area contributed by atoms with Gasteiger partial charge < -0.3 is 0 Å². The summed E-state index contributed by atoms with van der Waals surface area (Å²) < 4.78 is 0. The van der Waals surface area contributed by atoms with E-state index >= 15 is 0 Å². The first-order valence-electron chi connectivity index (χ1n) is 3.12. The van der Waals surface area contributed by atoms with Crippen LogP contribution in [0.3, 0.4) is 0 Å². The van der Waals surface area contributed by atoms with Crippen LogP contribution in [0.4, 0.5) is 0 Å². The quantitative estimate of drug-likeness (QED) is 0.432. The molecule has 0 aromatic rings. The Morgan fingerprint density at radius 3 is 2.00 bits per heavy atom. The molecular weight excluding hydrogens is 84.1 g/mol. The Bertz CT molecular complexity index is 82.2. The SMILES string of the molecule is C[C]1CC2(CC2)C1. The van der Waals surface area contributed by atoms with E-state index in [4.69, 9.17) is 0 Å². The molecule has 0 atom stereocenters. The average molecular weight is 95.2 g/mol. The van der Waals surface area contributed by atoms with Crippen molar-refractivity contribution in [2.45, 2.75) is 32.6 Å². The third-order valence-electron chi connectivity index (χ3n) is 2.31. The molecule has 0 unspecified atom stereocenters. The van der Waals surface area contributed by atoms with Crippen molar-refractivity contribution in [1.29, 1.82) is 0 Å². The van der Waals surface area contributed by atoms with Crippen LogP contribution in [0.5, 0.6) is 0 Å². The molecule has 2 fully saturated rings. The van der Waals surface area contributed by atoms with Gasteiger partial charge in [-0.3, -0.25) is 0 Å². The molecule has 0 aromatic carbocycles. The van der Waals surface area contributed by atoms with Crippen molar-refractivity contribution in [3.63, 3.8) is 0 Å². The Morgan fingerprint density at radius 1 is 1.29 bits per heavy atom. The lowest BCUT2D eigenvalue weighted by Gasteiger charge is -2.32. The monoisotopic (exact) mass is 95.1 g/mol. The maximum absolute atomic E-state index is 2.28. The standard InChI is InChI=1S/C7H11/c1-6-4-7(5-6)2-3-7/h2-5H2,1H3. The van der Waals surface area contributed by atoms with Crippen molar-refractivity contribution < 1.29 is 0 Å². The first-order chi connectivity index (χ1) is 3.31. The van der Waals surface area contributed by atoms with Gasteiger partial charge in [0, 0.05) is 0 Å². The van der Waals surface area contributed by atoms with Crippen LogP contribution >= 0.6 is 0 Å². The molecule has 0 aliphatic heterocycles. The Balaban J connectivity index is 1.97. The van der Waals surface area contributed by atoms with Gasteiger partial charge in [-0.2, -0.15) is 0 Å². The minimum Gasteiger partial charge on any atom is -0.0591 e. The van der Waals surface area contributed by atoms with Gasteiger partial charge in [0.2, 0.25) is 0 Å². The first kappa shape index (κ1) is 3.94. The van der Waals surface area contributed by atoms with E-state index in [0.29, 0.717) is 0 Å². The van der Waals surface area contributed by atoms with E-state index in [1.807, 2.05) is 0 Å². The fourth-order valence-electron chi connectivity index (χ4n) is 1.76. The maximum Gasteiger partial charge on any atom is -0.0261 e. The predicted octanol–water partition coefficient (Wildman–Crippen LogP) is 2.15. The van der Waals surface area contributed by atoms with Gasteiger partial charge in [-0.15, -0.1) is 0 Å². The molecule has 0 bridgehead atoms. The summed E-state index contributed by atoms with van der Waals surface area (Å²) in [7, 11) is 0. The van der Waals surface area contributed by atoms with Gasteiger partial charge in [-0.1, -0.05) is 6.92 Å². The second-order valence-corrected chi connectivity index (χ2v) is 3.31. The van der Waals surface area contributed by atoms with Gasteiger partial charge in [-0.25, -0.2) is 0 Å². The van der Waals surface area contributed by atoms with Crippen molar-refractivity contribution in [2.75, 3.05) is 0 Å². The lowest BCUT2D eigenvalue weighted by molar-refractivity contribution is 0.331. The fourth-order valence-corrected chi connectivity index (χ4v) is 1.76. The van der Waals surface area contributed by atoms with Crippen LogP contribution in [-0.2, 0) is 0 Å². The van der Waals surface area contributed by atoms with Gasteiger partial charge in [-0.05, 0) is 37.0 Å². The number of hydrogen-bond donors (Lipinski definition) is 0. The van der Waals surface area contributed by atoms with Crippen LogP contribution in [0.25, 0.3) is 0 Å². The van der Waals surface area contributed by atoms with Crippen molar-refractivity contribution in [3.8, 4) is 0 Å². The summed E-state index contributed by atoms with van der Waals surface area (Å²) in [5.41, 5.74) is 0.907. The molecule has 2 rings (SSSR count). The van der Waals surface area contributed by atoms with Crippen LogP contribution in [0, 0.1) is 11.3 Å². The Kier molecular flexibility index (Phi) is 0.499. The largest absolute Gasteiger partial charge is 0.0591 e. The molecule has 0 amide bonds. The number of rotatable bonds is 0. The zero-order valence-corrected chi connectivity index (χ0v) is 4.83. The molecule has 0 heteroatoms. The summed E-state index contributed by atoms with van der Waals surface area (Å²) >= 11 is 0. The highest BCUT2D eigenvalue weighted by atomic mass is 14.6. The molecule has 1 spiro atoms. The van der Waals surface area contributed by atoms with Gasteiger partial charge in [0.25, 0.3) is 0 Å². The molecule has 0 aromatic heterocycles. The molecule has 7 heavy (non-hydrogen) atoms. The third kappa shape index (κ3) is 0.427. The number of hydrogen-bond acceptors (Lipinski definition) is 0. The molecule has 0 nitrogen and oxygen atoms in total. The van der Waals surface area contributed by atoms with Gasteiger partial charge in [0.1, 0.15) is 0 Å². The summed E-state index contributed by atoms with van der Waals surface area (Å²) in [4.78, 5) is 0. The van der Waals surface area contributed by atoms with Gasteiger partial charge in [0.15, 0.2) is 0 Å². The second kappa shape index (κ2) is 0.888.